The summed E-state index contributed by atoms with van der Waals surface area (Å²) in [5, 5.41) is 11.1. The maximum Gasteiger partial charge on any atom is 0.336 e. The molecular weight excluding hydrogens is 282 g/mol. The Morgan fingerprint density at radius 3 is 2.64 bits per heavy atom. The van der Waals surface area contributed by atoms with Crippen molar-refractivity contribution in [1.29, 1.82) is 0 Å². The summed E-state index contributed by atoms with van der Waals surface area (Å²) >= 11 is 0. The molecule has 1 N–H and O–H groups in total. The van der Waals surface area contributed by atoms with Gasteiger partial charge in [0.1, 0.15) is 11.3 Å². The van der Waals surface area contributed by atoms with Gasteiger partial charge in [0, 0.05) is 31.1 Å². The Kier molecular flexibility index (Phi) is 3.93. The van der Waals surface area contributed by atoms with Crippen molar-refractivity contribution >= 4 is 11.0 Å². The number of nitrogens with zero attached hydrogens (tertiary/aromatic N) is 1. The van der Waals surface area contributed by atoms with Crippen LogP contribution >= 0.6 is 0 Å². The summed E-state index contributed by atoms with van der Waals surface area (Å²) in [6, 6.07) is 4.93. The predicted octanol–water partition coefficient (Wildman–Crippen LogP) is 2.42. The molecule has 0 spiro atoms. The number of benzene rings is 1. The highest BCUT2D eigenvalue weighted by Crippen LogP contribution is 2.30. The molecule has 0 aliphatic carbocycles. The van der Waals surface area contributed by atoms with Gasteiger partial charge in [0.05, 0.1) is 17.8 Å². The third-order valence-electron chi connectivity index (χ3n) is 4.07. The van der Waals surface area contributed by atoms with E-state index in [1.54, 1.807) is 12.1 Å². The normalized spacial score (nSPS) is 23.0. The van der Waals surface area contributed by atoms with E-state index in [9.17, 15) is 9.90 Å². The van der Waals surface area contributed by atoms with E-state index in [0.29, 0.717) is 17.7 Å². The average Bonchev–Trinajstić information content (AvgIpc) is 2.41. The number of phenolic OH excluding ortho intramolecular Hbond substituents is 1. The summed E-state index contributed by atoms with van der Waals surface area (Å²) in [4.78, 5) is 13.9. The third-order valence-corrected chi connectivity index (χ3v) is 4.07. The van der Waals surface area contributed by atoms with Gasteiger partial charge < -0.3 is 14.3 Å². The zero-order chi connectivity index (χ0) is 15.9. The molecule has 2 atom stereocenters. The number of rotatable bonds is 2. The Morgan fingerprint density at radius 2 is 1.95 bits per heavy atom. The number of aromatic hydroxyl groups is 1. The lowest BCUT2D eigenvalue weighted by molar-refractivity contribution is -0.0705. The zero-order valence-electron chi connectivity index (χ0n) is 13.1. The molecule has 118 valence electrons. The Labute approximate surface area is 129 Å². The topological polar surface area (TPSA) is 62.9 Å². The quantitative estimate of drug-likeness (QED) is 0.863. The van der Waals surface area contributed by atoms with E-state index in [4.69, 9.17) is 9.15 Å². The summed E-state index contributed by atoms with van der Waals surface area (Å²) < 4.78 is 11.1. The van der Waals surface area contributed by atoms with Gasteiger partial charge in [-0.1, -0.05) is 0 Å². The number of hydrogen-bond acceptors (Lipinski definition) is 5. The van der Waals surface area contributed by atoms with E-state index < -0.39 is 0 Å². The number of fused-ring (bicyclic) bond motifs is 1. The molecule has 1 aromatic heterocycles. The van der Waals surface area contributed by atoms with Gasteiger partial charge in [-0.15, -0.1) is 0 Å². The molecule has 0 unspecified atom stereocenters. The third kappa shape index (κ3) is 2.87. The summed E-state index contributed by atoms with van der Waals surface area (Å²) in [5.41, 5.74) is 1.62. The minimum absolute atomic E-state index is 0.148. The highest BCUT2D eigenvalue weighted by Gasteiger charge is 2.24. The van der Waals surface area contributed by atoms with Crippen molar-refractivity contribution in [3.63, 3.8) is 0 Å². The van der Waals surface area contributed by atoms with E-state index in [0.717, 1.165) is 24.0 Å². The monoisotopic (exact) mass is 303 g/mol. The van der Waals surface area contributed by atoms with Crippen LogP contribution in [0.4, 0.5) is 0 Å². The average molecular weight is 303 g/mol. The second kappa shape index (κ2) is 5.74. The van der Waals surface area contributed by atoms with Crippen LogP contribution in [0, 0.1) is 6.92 Å². The van der Waals surface area contributed by atoms with E-state index in [1.807, 2.05) is 20.8 Å². The Hall–Kier alpha value is -1.85. The lowest BCUT2D eigenvalue weighted by Crippen LogP contribution is -2.44. The van der Waals surface area contributed by atoms with Crippen LogP contribution in [0.5, 0.6) is 5.75 Å². The standard InChI is InChI=1S/C17H21NO4/c1-10-6-16(20)22-17-13(10)4-5-15(19)14(17)9-18-7-11(2)21-12(3)8-18/h4-6,11-12,19H,7-9H2,1-3H3/t11-,12-/m1/s1. The van der Waals surface area contributed by atoms with Crippen LogP contribution in [0.25, 0.3) is 11.0 Å². The number of aryl methyl sites for hydroxylation is 1. The van der Waals surface area contributed by atoms with Gasteiger partial charge in [0.15, 0.2) is 0 Å². The maximum absolute atomic E-state index is 11.7. The molecule has 2 heterocycles. The van der Waals surface area contributed by atoms with Gasteiger partial charge in [-0.2, -0.15) is 0 Å². The molecule has 0 radical (unpaired) electrons. The van der Waals surface area contributed by atoms with Crippen molar-refractivity contribution in [2.75, 3.05) is 13.1 Å². The molecule has 22 heavy (non-hydrogen) atoms. The maximum atomic E-state index is 11.7. The minimum atomic E-state index is -0.388. The molecule has 1 fully saturated rings. The fourth-order valence-electron chi connectivity index (χ4n) is 3.22. The van der Waals surface area contributed by atoms with Crippen LogP contribution in [0.1, 0.15) is 25.0 Å². The molecule has 3 rings (SSSR count). The number of hydrogen-bond donors (Lipinski definition) is 1. The highest BCUT2D eigenvalue weighted by atomic mass is 16.5. The molecule has 1 aliphatic rings. The van der Waals surface area contributed by atoms with Gasteiger partial charge in [0.25, 0.3) is 0 Å². The first kappa shape index (κ1) is 15.1. The van der Waals surface area contributed by atoms with Crippen molar-refractivity contribution in [2.24, 2.45) is 0 Å². The molecule has 5 heteroatoms. The summed E-state index contributed by atoms with van der Waals surface area (Å²) in [5.74, 6) is 0.160. The van der Waals surface area contributed by atoms with Crippen LogP contribution in [0.2, 0.25) is 0 Å². The van der Waals surface area contributed by atoms with Gasteiger partial charge in [-0.3, -0.25) is 4.90 Å². The lowest BCUT2D eigenvalue weighted by Gasteiger charge is -2.35. The van der Waals surface area contributed by atoms with E-state index in [-0.39, 0.29) is 23.6 Å². The van der Waals surface area contributed by atoms with Crippen molar-refractivity contribution in [3.05, 3.63) is 39.7 Å². The Bertz CT molecular complexity index is 742. The lowest BCUT2D eigenvalue weighted by atomic mass is 10.1. The van der Waals surface area contributed by atoms with Crippen LogP contribution in [0.15, 0.2) is 27.4 Å². The fourth-order valence-corrected chi connectivity index (χ4v) is 3.22. The van der Waals surface area contributed by atoms with Gasteiger partial charge >= 0.3 is 5.63 Å². The van der Waals surface area contributed by atoms with E-state index in [1.165, 1.54) is 6.07 Å². The number of phenols is 1. The van der Waals surface area contributed by atoms with E-state index in [2.05, 4.69) is 4.90 Å². The van der Waals surface area contributed by atoms with Crippen LogP contribution in [-0.4, -0.2) is 35.3 Å². The number of ether oxygens (including phenoxy) is 1. The summed E-state index contributed by atoms with van der Waals surface area (Å²) in [7, 11) is 0. The first-order chi connectivity index (χ1) is 10.4. The SMILES string of the molecule is Cc1cc(=O)oc2c(CN3C[C@@H](C)O[C@H](C)C3)c(O)ccc12. The molecule has 1 aliphatic heterocycles. The summed E-state index contributed by atoms with van der Waals surface area (Å²) in [6.07, 6.45) is 0.296. The smallest absolute Gasteiger partial charge is 0.336 e. The van der Waals surface area contributed by atoms with Gasteiger partial charge in [0.2, 0.25) is 0 Å². The minimum Gasteiger partial charge on any atom is -0.507 e. The van der Waals surface area contributed by atoms with Crippen LogP contribution in [0.3, 0.4) is 0 Å². The van der Waals surface area contributed by atoms with Crippen LogP contribution in [-0.2, 0) is 11.3 Å². The van der Waals surface area contributed by atoms with Gasteiger partial charge in [-0.25, -0.2) is 4.79 Å². The predicted molar refractivity (Wildman–Crippen MR) is 84.2 cm³/mol. The van der Waals surface area contributed by atoms with E-state index >= 15 is 0 Å². The van der Waals surface area contributed by atoms with Crippen LogP contribution < -0.4 is 5.63 Å². The Morgan fingerprint density at radius 1 is 1.27 bits per heavy atom. The second-order valence-electron chi connectivity index (χ2n) is 6.14. The highest BCUT2D eigenvalue weighted by molar-refractivity contribution is 5.84. The van der Waals surface area contributed by atoms with Gasteiger partial charge in [-0.05, 0) is 38.5 Å². The molecule has 0 saturated carbocycles. The molecular formula is C17H21NO4. The first-order valence-electron chi connectivity index (χ1n) is 7.57. The largest absolute Gasteiger partial charge is 0.507 e. The summed E-state index contributed by atoms with van der Waals surface area (Å²) in [6.45, 7) is 8.06. The van der Waals surface area contributed by atoms with Crippen molar-refractivity contribution < 1.29 is 14.3 Å². The molecule has 1 saturated heterocycles. The van der Waals surface area contributed by atoms with Crippen molar-refractivity contribution in [1.82, 2.24) is 4.90 Å². The fraction of sp³-hybridized carbons (Fsp3) is 0.471. The second-order valence-corrected chi connectivity index (χ2v) is 6.14. The molecule has 1 aromatic carbocycles. The first-order valence-corrected chi connectivity index (χ1v) is 7.57. The molecule has 2 aromatic rings. The zero-order valence-corrected chi connectivity index (χ0v) is 13.1. The molecule has 0 bridgehead atoms. The molecule has 0 amide bonds. The number of morpholine rings is 1. The Balaban J connectivity index is 2.02. The van der Waals surface area contributed by atoms with Crippen molar-refractivity contribution in [2.45, 2.75) is 39.5 Å². The van der Waals surface area contributed by atoms with Crippen molar-refractivity contribution in [3.8, 4) is 5.75 Å². The molecule has 5 nitrogen and oxygen atoms in total.